The Morgan fingerprint density at radius 3 is 2.25 bits per heavy atom. The van der Waals surface area contributed by atoms with Crippen molar-refractivity contribution in [1.82, 2.24) is 0 Å². The van der Waals surface area contributed by atoms with Gasteiger partial charge in [0, 0.05) is 6.61 Å². The zero-order valence-corrected chi connectivity index (χ0v) is 13.6. The van der Waals surface area contributed by atoms with Crippen molar-refractivity contribution in [3.05, 3.63) is 29.8 Å². The summed E-state index contributed by atoms with van der Waals surface area (Å²) < 4.78 is 10.9. The number of ether oxygens (including phenoxy) is 2. The second-order valence-corrected chi connectivity index (χ2v) is 5.91. The molecule has 0 saturated carbocycles. The summed E-state index contributed by atoms with van der Waals surface area (Å²) in [4.78, 5) is 0. The zero-order chi connectivity index (χ0) is 14.8. The van der Waals surface area contributed by atoms with Crippen molar-refractivity contribution in [1.29, 1.82) is 0 Å². The molecule has 0 fully saturated rings. The van der Waals surface area contributed by atoms with Gasteiger partial charge >= 0.3 is 0 Å². The Hall–Kier alpha value is -1.02. The van der Waals surface area contributed by atoms with Gasteiger partial charge in [-0.15, -0.1) is 0 Å². The van der Waals surface area contributed by atoms with Crippen molar-refractivity contribution in [2.45, 2.75) is 58.8 Å². The molecule has 1 aromatic carbocycles. The average molecular weight is 278 g/mol. The third-order valence-electron chi connectivity index (χ3n) is 3.74. The quantitative estimate of drug-likeness (QED) is 0.563. The van der Waals surface area contributed by atoms with E-state index in [-0.39, 0.29) is 5.41 Å². The van der Waals surface area contributed by atoms with Gasteiger partial charge in [0.25, 0.3) is 0 Å². The van der Waals surface area contributed by atoms with Crippen LogP contribution in [0.5, 0.6) is 5.75 Å². The molecule has 114 valence electrons. The van der Waals surface area contributed by atoms with Crippen LogP contribution in [0.2, 0.25) is 0 Å². The molecule has 0 aromatic heterocycles. The zero-order valence-electron chi connectivity index (χ0n) is 13.6. The Kier molecular flexibility index (Phi) is 7.68. The normalized spacial score (nSPS) is 11.6. The van der Waals surface area contributed by atoms with Crippen LogP contribution < -0.4 is 4.74 Å². The molecule has 0 aliphatic heterocycles. The van der Waals surface area contributed by atoms with Crippen molar-refractivity contribution < 1.29 is 9.47 Å². The predicted octanol–water partition coefficient (Wildman–Crippen LogP) is 4.96. The molecular formula is C18H30O2. The second-order valence-electron chi connectivity index (χ2n) is 5.91. The molecule has 20 heavy (non-hydrogen) atoms. The van der Waals surface area contributed by atoms with Crippen LogP contribution in [0.3, 0.4) is 0 Å². The molecule has 0 heterocycles. The first-order valence-electron chi connectivity index (χ1n) is 7.91. The lowest BCUT2D eigenvalue weighted by molar-refractivity contribution is 0.110. The lowest BCUT2D eigenvalue weighted by atomic mass is 9.80. The van der Waals surface area contributed by atoms with E-state index in [9.17, 15) is 0 Å². The third-order valence-corrected chi connectivity index (χ3v) is 3.74. The van der Waals surface area contributed by atoms with Crippen LogP contribution in [0.4, 0.5) is 0 Å². The van der Waals surface area contributed by atoms with Gasteiger partial charge in [-0.1, -0.05) is 52.2 Å². The van der Waals surface area contributed by atoms with Gasteiger partial charge in [0.2, 0.25) is 0 Å². The number of hydrogen-bond donors (Lipinski definition) is 0. The molecule has 0 spiro atoms. The Morgan fingerprint density at radius 2 is 1.65 bits per heavy atom. The summed E-state index contributed by atoms with van der Waals surface area (Å²) in [5, 5.41) is 0. The first kappa shape index (κ1) is 17.0. The number of unbranched alkanes of at least 4 members (excludes halogenated alkanes) is 2. The van der Waals surface area contributed by atoms with Crippen molar-refractivity contribution in [3.63, 3.8) is 0 Å². The molecule has 0 N–H and O–H groups in total. The molecule has 0 saturated heterocycles. The van der Waals surface area contributed by atoms with Gasteiger partial charge in [-0.2, -0.15) is 0 Å². The molecule has 2 nitrogen and oxygen atoms in total. The minimum absolute atomic E-state index is 0.249. The van der Waals surface area contributed by atoms with Crippen molar-refractivity contribution in [2.24, 2.45) is 0 Å². The van der Waals surface area contributed by atoms with Crippen molar-refractivity contribution >= 4 is 0 Å². The van der Waals surface area contributed by atoms with E-state index in [1.165, 1.54) is 31.2 Å². The van der Waals surface area contributed by atoms with Gasteiger partial charge < -0.3 is 9.47 Å². The minimum atomic E-state index is 0.249. The summed E-state index contributed by atoms with van der Waals surface area (Å²) >= 11 is 0. The van der Waals surface area contributed by atoms with Gasteiger partial charge in [0.1, 0.15) is 12.4 Å². The van der Waals surface area contributed by atoms with Gasteiger partial charge in [-0.05, 0) is 36.5 Å². The summed E-state index contributed by atoms with van der Waals surface area (Å²) in [6.07, 6.45) is 5.15. The van der Waals surface area contributed by atoms with Crippen LogP contribution >= 0.6 is 0 Å². The highest BCUT2D eigenvalue weighted by molar-refractivity contribution is 5.31. The number of rotatable bonds is 10. The van der Waals surface area contributed by atoms with Crippen LogP contribution in [-0.4, -0.2) is 19.8 Å². The molecule has 2 heteroatoms. The fourth-order valence-corrected chi connectivity index (χ4v) is 2.33. The topological polar surface area (TPSA) is 18.5 Å². The molecular weight excluding hydrogens is 248 g/mol. The third kappa shape index (κ3) is 5.96. The van der Waals surface area contributed by atoms with E-state index in [1.807, 2.05) is 6.92 Å². The largest absolute Gasteiger partial charge is 0.491 e. The van der Waals surface area contributed by atoms with Crippen LogP contribution in [0.1, 0.15) is 58.9 Å². The molecule has 1 aromatic rings. The highest BCUT2D eigenvalue weighted by Gasteiger charge is 2.19. The first-order valence-corrected chi connectivity index (χ1v) is 7.91. The van der Waals surface area contributed by atoms with Crippen molar-refractivity contribution in [2.75, 3.05) is 19.8 Å². The molecule has 1 rings (SSSR count). The van der Waals surface area contributed by atoms with Gasteiger partial charge in [0.05, 0.1) is 6.61 Å². The number of hydrogen-bond acceptors (Lipinski definition) is 2. The fourth-order valence-electron chi connectivity index (χ4n) is 2.33. The second kappa shape index (κ2) is 9.02. The van der Waals surface area contributed by atoms with Crippen LogP contribution in [0, 0.1) is 0 Å². The lowest BCUT2D eigenvalue weighted by Gasteiger charge is -2.25. The summed E-state index contributed by atoms with van der Waals surface area (Å²) in [6, 6.07) is 8.54. The Balaban J connectivity index is 2.47. The van der Waals surface area contributed by atoms with Crippen LogP contribution in [-0.2, 0) is 10.2 Å². The highest BCUT2D eigenvalue weighted by Crippen LogP contribution is 2.30. The lowest BCUT2D eigenvalue weighted by Crippen LogP contribution is -2.16. The van der Waals surface area contributed by atoms with E-state index in [0.717, 1.165) is 12.4 Å². The Labute approximate surface area is 124 Å². The molecule has 0 radical (unpaired) electrons. The van der Waals surface area contributed by atoms with Crippen molar-refractivity contribution in [3.8, 4) is 5.75 Å². The maximum absolute atomic E-state index is 5.65. The smallest absolute Gasteiger partial charge is 0.119 e. The van der Waals surface area contributed by atoms with E-state index < -0.39 is 0 Å². The van der Waals surface area contributed by atoms with E-state index >= 15 is 0 Å². The molecule has 0 aliphatic rings. The highest BCUT2D eigenvalue weighted by atomic mass is 16.5. The average Bonchev–Trinajstić information content (AvgIpc) is 2.44. The van der Waals surface area contributed by atoms with E-state index in [4.69, 9.17) is 9.47 Å². The minimum Gasteiger partial charge on any atom is -0.491 e. The van der Waals surface area contributed by atoms with E-state index in [1.54, 1.807) is 0 Å². The first-order chi connectivity index (χ1) is 9.60. The Bertz CT molecular complexity index is 354. The van der Waals surface area contributed by atoms with Gasteiger partial charge in [-0.25, -0.2) is 0 Å². The molecule has 0 unspecified atom stereocenters. The van der Waals surface area contributed by atoms with E-state index in [0.29, 0.717) is 13.2 Å². The monoisotopic (exact) mass is 278 g/mol. The predicted molar refractivity (Wildman–Crippen MR) is 85.6 cm³/mol. The van der Waals surface area contributed by atoms with Gasteiger partial charge in [-0.3, -0.25) is 0 Å². The number of benzene rings is 1. The summed E-state index contributed by atoms with van der Waals surface area (Å²) in [7, 11) is 0. The fraction of sp³-hybridized carbons (Fsp3) is 0.667. The maximum Gasteiger partial charge on any atom is 0.119 e. The summed E-state index contributed by atoms with van der Waals surface area (Å²) in [6.45, 7) is 10.9. The molecule has 0 amide bonds. The molecule has 0 bridgehead atoms. The standard InChI is InChI=1S/C18H30O2/c1-5-7-8-13-18(3,4)16-9-11-17(12-10-16)20-15-14-19-6-2/h9-12H,5-8,13-15H2,1-4H3. The van der Waals surface area contributed by atoms with Gasteiger partial charge in [0.15, 0.2) is 0 Å². The SMILES string of the molecule is CCCCCC(C)(C)c1ccc(OCCOCC)cc1. The van der Waals surface area contributed by atoms with Crippen LogP contribution in [0.25, 0.3) is 0 Å². The molecule has 0 atom stereocenters. The van der Waals surface area contributed by atoms with Crippen LogP contribution in [0.15, 0.2) is 24.3 Å². The summed E-state index contributed by atoms with van der Waals surface area (Å²) in [5.41, 5.74) is 1.64. The Morgan fingerprint density at radius 1 is 0.950 bits per heavy atom. The maximum atomic E-state index is 5.65. The summed E-state index contributed by atoms with van der Waals surface area (Å²) in [5.74, 6) is 0.929. The van der Waals surface area contributed by atoms with E-state index in [2.05, 4.69) is 45.0 Å². The molecule has 0 aliphatic carbocycles.